The van der Waals surface area contributed by atoms with Crippen LogP contribution in [-0.4, -0.2) is 5.91 Å². The SMILES string of the molecule is Cc1cccc(N)c1NC(=O)c1cc2ccccc2s1. The van der Waals surface area contributed by atoms with Crippen LogP contribution in [0.4, 0.5) is 11.4 Å². The lowest BCUT2D eigenvalue weighted by atomic mass is 10.1. The van der Waals surface area contributed by atoms with Crippen molar-refractivity contribution in [2.75, 3.05) is 11.1 Å². The Morgan fingerprint density at radius 3 is 2.70 bits per heavy atom. The average Bonchev–Trinajstić information content (AvgIpc) is 2.87. The number of nitrogens with one attached hydrogen (secondary N) is 1. The van der Waals surface area contributed by atoms with Gasteiger partial charge in [-0.3, -0.25) is 4.79 Å². The second kappa shape index (κ2) is 4.98. The van der Waals surface area contributed by atoms with E-state index in [0.717, 1.165) is 15.6 Å². The summed E-state index contributed by atoms with van der Waals surface area (Å²) in [5.74, 6) is -0.118. The van der Waals surface area contributed by atoms with Gasteiger partial charge in [0.2, 0.25) is 0 Å². The molecule has 0 radical (unpaired) electrons. The molecule has 0 aliphatic heterocycles. The number of para-hydroxylation sites is 1. The summed E-state index contributed by atoms with van der Waals surface area (Å²) in [5, 5.41) is 3.99. The number of carbonyl (C=O) groups is 1. The van der Waals surface area contributed by atoms with Crippen molar-refractivity contribution in [1.29, 1.82) is 0 Å². The molecule has 3 N–H and O–H groups in total. The van der Waals surface area contributed by atoms with Crippen LogP contribution >= 0.6 is 11.3 Å². The Morgan fingerprint density at radius 2 is 1.95 bits per heavy atom. The Labute approximate surface area is 121 Å². The first-order valence-electron chi connectivity index (χ1n) is 6.30. The van der Waals surface area contributed by atoms with Crippen LogP contribution < -0.4 is 11.1 Å². The lowest BCUT2D eigenvalue weighted by molar-refractivity contribution is 0.103. The molecule has 0 unspecified atom stereocenters. The fraction of sp³-hybridized carbons (Fsp3) is 0.0625. The molecular formula is C16H14N2OS. The van der Waals surface area contributed by atoms with Gasteiger partial charge in [0.15, 0.2) is 0 Å². The third-order valence-electron chi connectivity index (χ3n) is 3.19. The molecule has 0 saturated heterocycles. The molecule has 20 heavy (non-hydrogen) atoms. The van der Waals surface area contributed by atoms with Gasteiger partial charge in [0, 0.05) is 4.70 Å². The maximum absolute atomic E-state index is 12.3. The first-order valence-corrected chi connectivity index (χ1v) is 7.12. The van der Waals surface area contributed by atoms with Gasteiger partial charge in [0.25, 0.3) is 5.91 Å². The molecule has 0 aliphatic carbocycles. The van der Waals surface area contributed by atoms with Crippen LogP contribution in [0.5, 0.6) is 0 Å². The topological polar surface area (TPSA) is 55.1 Å². The van der Waals surface area contributed by atoms with Gasteiger partial charge in [0.05, 0.1) is 16.3 Å². The molecule has 3 rings (SSSR count). The summed E-state index contributed by atoms with van der Waals surface area (Å²) in [6, 6.07) is 15.5. The Hall–Kier alpha value is -2.33. The molecule has 1 heterocycles. The zero-order chi connectivity index (χ0) is 14.1. The number of nitrogens with two attached hydrogens (primary N) is 1. The van der Waals surface area contributed by atoms with E-state index in [4.69, 9.17) is 5.73 Å². The third-order valence-corrected chi connectivity index (χ3v) is 4.31. The number of benzene rings is 2. The molecule has 0 saturated carbocycles. The number of rotatable bonds is 2. The standard InChI is InChI=1S/C16H14N2OS/c1-10-5-4-7-12(17)15(10)18-16(19)14-9-11-6-2-3-8-13(11)20-14/h2-9H,17H2,1H3,(H,18,19). The smallest absolute Gasteiger partial charge is 0.265 e. The minimum Gasteiger partial charge on any atom is -0.397 e. The van der Waals surface area contributed by atoms with E-state index >= 15 is 0 Å². The number of hydrogen-bond donors (Lipinski definition) is 2. The second-order valence-corrected chi connectivity index (χ2v) is 5.73. The Bertz CT molecular complexity index is 739. The fourth-order valence-corrected chi connectivity index (χ4v) is 3.09. The molecule has 0 spiro atoms. The number of amides is 1. The number of aryl methyl sites for hydroxylation is 1. The summed E-state index contributed by atoms with van der Waals surface area (Å²) in [4.78, 5) is 13.0. The molecule has 3 aromatic rings. The largest absolute Gasteiger partial charge is 0.397 e. The molecule has 0 atom stereocenters. The third kappa shape index (κ3) is 2.26. The molecule has 0 fully saturated rings. The first kappa shape index (κ1) is 12.7. The maximum atomic E-state index is 12.3. The van der Waals surface area contributed by atoms with Crippen molar-refractivity contribution in [3.05, 3.63) is 59.0 Å². The highest BCUT2D eigenvalue weighted by Crippen LogP contribution is 2.28. The van der Waals surface area contributed by atoms with Crippen LogP contribution in [0.25, 0.3) is 10.1 Å². The van der Waals surface area contributed by atoms with Crippen LogP contribution in [0, 0.1) is 6.92 Å². The van der Waals surface area contributed by atoms with Crippen LogP contribution in [0.3, 0.4) is 0 Å². The van der Waals surface area contributed by atoms with E-state index < -0.39 is 0 Å². The molecule has 4 heteroatoms. The molecule has 2 aromatic carbocycles. The first-order chi connectivity index (χ1) is 9.65. The molecule has 100 valence electrons. The highest BCUT2D eigenvalue weighted by atomic mass is 32.1. The van der Waals surface area contributed by atoms with Crippen molar-refractivity contribution < 1.29 is 4.79 Å². The van der Waals surface area contributed by atoms with Gasteiger partial charge in [-0.05, 0) is 36.1 Å². The molecule has 1 amide bonds. The van der Waals surface area contributed by atoms with Crippen molar-refractivity contribution in [3.8, 4) is 0 Å². The summed E-state index contributed by atoms with van der Waals surface area (Å²) in [6.45, 7) is 1.93. The van der Waals surface area contributed by atoms with Crippen LogP contribution in [0.2, 0.25) is 0 Å². The Kier molecular flexibility index (Phi) is 3.16. The van der Waals surface area contributed by atoms with Crippen molar-refractivity contribution >= 4 is 38.7 Å². The number of carbonyl (C=O) groups excluding carboxylic acids is 1. The van der Waals surface area contributed by atoms with Gasteiger partial charge >= 0.3 is 0 Å². The van der Waals surface area contributed by atoms with Gasteiger partial charge in [0.1, 0.15) is 0 Å². The predicted molar refractivity (Wildman–Crippen MR) is 85.4 cm³/mol. The normalized spacial score (nSPS) is 10.7. The lowest BCUT2D eigenvalue weighted by Gasteiger charge is -2.09. The number of hydrogen-bond acceptors (Lipinski definition) is 3. The van der Waals surface area contributed by atoms with E-state index in [1.807, 2.05) is 49.4 Å². The molecule has 0 bridgehead atoms. The average molecular weight is 282 g/mol. The van der Waals surface area contributed by atoms with Gasteiger partial charge in [-0.1, -0.05) is 30.3 Å². The van der Waals surface area contributed by atoms with Gasteiger partial charge in [-0.15, -0.1) is 11.3 Å². The summed E-state index contributed by atoms with van der Waals surface area (Å²) in [6.07, 6.45) is 0. The Morgan fingerprint density at radius 1 is 1.15 bits per heavy atom. The number of fused-ring (bicyclic) bond motifs is 1. The van der Waals surface area contributed by atoms with E-state index in [2.05, 4.69) is 5.32 Å². The van der Waals surface area contributed by atoms with E-state index in [1.54, 1.807) is 6.07 Å². The van der Waals surface area contributed by atoms with Crippen molar-refractivity contribution in [3.63, 3.8) is 0 Å². The fourth-order valence-electron chi connectivity index (χ4n) is 2.13. The zero-order valence-electron chi connectivity index (χ0n) is 11.0. The number of anilines is 2. The van der Waals surface area contributed by atoms with E-state index in [9.17, 15) is 4.79 Å². The van der Waals surface area contributed by atoms with E-state index in [0.29, 0.717) is 16.3 Å². The highest BCUT2D eigenvalue weighted by Gasteiger charge is 2.12. The summed E-state index contributed by atoms with van der Waals surface area (Å²) < 4.78 is 1.11. The predicted octanol–water partition coefficient (Wildman–Crippen LogP) is 4.04. The highest BCUT2D eigenvalue weighted by molar-refractivity contribution is 7.20. The lowest BCUT2D eigenvalue weighted by Crippen LogP contribution is -2.12. The number of nitrogen functional groups attached to an aromatic ring is 1. The van der Waals surface area contributed by atoms with E-state index in [-0.39, 0.29) is 5.91 Å². The summed E-state index contributed by atoms with van der Waals surface area (Å²) in [7, 11) is 0. The van der Waals surface area contributed by atoms with Gasteiger partial charge in [-0.25, -0.2) is 0 Å². The monoisotopic (exact) mass is 282 g/mol. The van der Waals surface area contributed by atoms with E-state index in [1.165, 1.54) is 11.3 Å². The van der Waals surface area contributed by atoms with Crippen LogP contribution in [-0.2, 0) is 0 Å². The van der Waals surface area contributed by atoms with Gasteiger partial charge < -0.3 is 11.1 Å². The summed E-state index contributed by atoms with van der Waals surface area (Å²) in [5.41, 5.74) is 8.14. The maximum Gasteiger partial charge on any atom is 0.265 e. The molecule has 0 aliphatic rings. The minimum absolute atomic E-state index is 0.118. The number of thiophene rings is 1. The van der Waals surface area contributed by atoms with Crippen LogP contribution in [0.1, 0.15) is 15.2 Å². The molecular weight excluding hydrogens is 268 g/mol. The van der Waals surface area contributed by atoms with Crippen molar-refractivity contribution in [2.45, 2.75) is 6.92 Å². The Balaban J connectivity index is 1.93. The molecule has 1 aromatic heterocycles. The summed E-state index contributed by atoms with van der Waals surface area (Å²) >= 11 is 1.48. The zero-order valence-corrected chi connectivity index (χ0v) is 11.8. The second-order valence-electron chi connectivity index (χ2n) is 4.64. The van der Waals surface area contributed by atoms with Gasteiger partial charge in [-0.2, -0.15) is 0 Å². The van der Waals surface area contributed by atoms with Crippen molar-refractivity contribution in [1.82, 2.24) is 0 Å². The van der Waals surface area contributed by atoms with Crippen LogP contribution in [0.15, 0.2) is 48.5 Å². The quantitative estimate of drug-likeness (QED) is 0.697. The molecule has 3 nitrogen and oxygen atoms in total. The van der Waals surface area contributed by atoms with Crippen molar-refractivity contribution in [2.24, 2.45) is 0 Å². The minimum atomic E-state index is -0.118.